The molecule has 0 aliphatic rings. The molecule has 0 aromatic carbocycles. The van der Waals surface area contributed by atoms with Crippen molar-refractivity contribution in [2.24, 2.45) is 11.8 Å². The van der Waals surface area contributed by atoms with Crippen molar-refractivity contribution in [3.8, 4) is 0 Å². The SMILES string of the molecule is CC(C)CN(CCN(C)C)Cc1ccc(C(=O)NN)cn1. The second-order valence-electron chi connectivity index (χ2n) is 5.94. The highest BCUT2D eigenvalue weighted by molar-refractivity contribution is 5.93. The average Bonchev–Trinajstić information content (AvgIpc) is 2.44. The Morgan fingerprint density at radius 2 is 2.05 bits per heavy atom. The molecular weight excluding hydrogens is 266 g/mol. The number of nitrogens with one attached hydrogen (secondary N) is 1. The summed E-state index contributed by atoms with van der Waals surface area (Å²) in [6.45, 7) is 8.25. The molecule has 0 saturated carbocycles. The summed E-state index contributed by atoms with van der Waals surface area (Å²) in [5.74, 6) is 5.39. The molecule has 0 atom stereocenters. The van der Waals surface area contributed by atoms with Crippen molar-refractivity contribution in [3.63, 3.8) is 0 Å². The average molecular weight is 293 g/mol. The van der Waals surface area contributed by atoms with Gasteiger partial charge < -0.3 is 4.90 Å². The van der Waals surface area contributed by atoms with Gasteiger partial charge in [-0.1, -0.05) is 13.8 Å². The van der Waals surface area contributed by atoms with Gasteiger partial charge in [0.25, 0.3) is 5.91 Å². The summed E-state index contributed by atoms with van der Waals surface area (Å²) in [6.07, 6.45) is 1.57. The van der Waals surface area contributed by atoms with Crippen molar-refractivity contribution < 1.29 is 4.79 Å². The number of carbonyl (C=O) groups is 1. The molecule has 1 aromatic heterocycles. The normalized spacial score (nSPS) is 11.4. The lowest BCUT2D eigenvalue weighted by Crippen LogP contribution is -2.34. The molecule has 0 unspecified atom stereocenters. The number of hydrogen-bond donors (Lipinski definition) is 2. The second kappa shape index (κ2) is 8.71. The second-order valence-corrected chi connectivity index (χ2v) is 5.94. The van der Waals surface area contributed by atoms with Crippen LogP contribution in [0, 0.1) is 5.92 Å². The minimum absolute atomic E-state index is 0.319. The van der Waals surface area contributed by atoms with Crippen LogP contribution in [0.4, 0.5) is 0 Å². The fourth-order valence-electron chi connectivity index (χ4n) is 2.06. The zero-order valence-corrected chi connectivity index (χ0v) is 13.5. The highest BCUT2D eigenvalue weighted by atomic mass is 16.2. The van der Waals surface area contributed by atoms with Gasteiger partial charge in [0.15, 0.2) is 0 Å². The van der Waals surface area contributed by atoms with E-state index in [1.165, 1.54) is 0 Å². The number of likely N-dealkylation sites (N-methyl/N-ethyl adjacent to an activating group) is 1. The Morgan fingerprint density at radius 3 is 2.52 bits per heavy atom. The van der Waals surface area contributed by atoms with Gasteiger partial charge in [-0.2, -0.15) is 0 Å². The fourth-order valence-corrected chi connectivity index (χ4v) is 2.06. The number of carbonyl (C=O) groups excluding carboxylic acids is 1. The summed E-state index contributed by atoms with van der Waals surface area (Å²) in [4.78, 5) is 20.3. The van der Waals surface area contributed by atoms with Crippen molar-refractivity contribution >= 4 is 5.91 Å². The highest BCUT2D eigenvalue weighted by Crippen LogP contribution is 2.07. The number of amides is 1. The van der Waals surface area contributed by atoms with Crippen LogP contribution in [0.3, 0.4) is 0 Å². The topological polar surface area (TPSA) is 74.5 Å². The van der Waals surface area contributed by atoms with Gasteiger partial charge >= 0.3 is 0 Å². The predicted molar refractivity (Wildman–Crippen MR) is 84.6 cm³/mol. The van der Waals surface area contributed by atoms with Crippen LogP contribution in [-0.4, -0.2) is 54.4 Å². The molecule has 118 valence electrons. The Bertz CT molecular complexity index is 430. The first-order chi connectivity index (χ1) is 9.92. The van der Waals surface area contributed by atoms with Crippen LogP contribution in [0.5, 0.6) is 0 Å². The van der Waals surface area contributed by atoms with Crippen LogP contribution in [-0.2, 0) is 6.54 Å². The zero-order chi connectivity index (χ0) is 15.8. The number of rotatable bonds is 8. The molecule has 1 amide bonds. The third kappa shape index (κ3) is 6.66. The molecule has 1 rings (SSSR count). The van der Waals surface area contributed by atoms with E-state index in [2.05, 4.69) is 48.2 Å². The molecule has 0 radical (unpaired) electrons. The summed E-state index contributed by atoms with van der Waals surface area (Å²) in [5.41, 5.74) is 3.54. The first-order valence-corrected chi connectivity index (χ1v) is 7.25. The van der Waals surface area contributed by atoms with E-state index in [-0.39, 0.29) is 5.91 Å². The Morgan fingerprint density at radius 1 is 1.33 bits per heavy atom. The number of pyridine rings is 1. The predicted octanol–water partition coefficient (Wildman–Crippen LogP) is 0.705. The van der Waals surface area contributed by atoms with E-state index in [1.54, 1.807) is 12.3 Å². The van der Waals surface area contributed by atoms with Gasteiger partial charge in [0.2, 0.25) is 0 Å². The Balaban J connectivity index is 2.66. The molecule has 0 spiro atoms. The van der Waals surface area contributed by atoms with Gasteiger partial charge in [0, 0.05) is 32.4 Å². The molecular formula is C15H27N5O. The quantitative estimate of drug-likeness (QED) is 0.419. The number of hydrazine groups is 1. The van der Waals surface area contributed by atoms with E-state index in [4.69, 9.17) is 5.84 Å². The molecule has 0 bridgehead atoms. The maximum Gasteiger partial charge on any atom is 0.266 e. The lowest BCUT2D eigenvalue weighted by Gasteiger charge is -2.25. The molecule has 6 nitrogen and oxygen atoms in total. The minimum atomic E-state index is -0.319. The van der Waals surface area contributed by atoms with Gasteiger partial charge in [0.05, 0.1) is 11.3 Å². The van der Waals surface area contributed by atoms with Crippen molar-refractivity contribution in [1.82, 2.24) is 20.2 Å². The van der Waals surface area contributed by atoms with Crippen molar-refractivity contribution in [1.29, 1.82) is 0 Å². The van der Waals surface area contributed by atoms with Gasteiger partial charge in [-0.05, 0) is 32.1 Å². The highest BCUT2D eigenvalue weighted by Gasteiger charge is 2.10. The van der Waals surface area contributed by atoms with Crippen LogP contribution in [0.2, 0.25) is 0 Å². The smallest absolute Gasteiger partial charge is 0.266 e. The van der Waals surface area contributed by atoms with E-state index in [9.17, 15) is 4.79 Å². The summed E-state index contributed by atoms with van der Waals surface area (Å²) in [7, 11) is 4.15. The monoisotopic (exact) mass is 293 g/mol. The Kier molecular flexibility index (Phi) is 7.28. The third-order valence-corrected chi connectivity index (χ3v) is 3.09. The summed E-state index contributed by atoms with van der Waals surface area (Å²) in [6, 6.07) is 3.64. The maximum absolute atomic E-state index is 11.4. The van der Waals surface area contributed by atoms with E-state index in [1.807, 2.05) is 6.07 Å². The van der Waals surface area contributed by atoms with E-state index in [0.29, 0.717) is 11.5 Å². The Labute approximate surface area is 127 Å². The van der Waals surface area contributed by atoms with Crippen LogP contribution in [0.25, 0.3) is 0 Å². The zero-order valence-electron chi connectivity index (χ0n) is 13.5. The number of aromatic nitrogens is 1. The number of nitrogens with two attached hydrogens (primary N) is 1. The van der Waals surface area contributed by atoms with Crippen molar-refractivity contribution in [2.45, 2.75) is 20.4 Å². The summed E-state index contributed by atoms with van der Waals surface area (Å²) < 4.78 is 0. The fraction of sp³-hybridized carbons (Fsp3) is 0.600. The molecule has 6 heteroatoms. The van der Waals surface area contributed by atoms with Crippen LogP contribution in [0.1, 0.15) is 29.9 Å². The van der Waals surface area contributed by atoms with Gasteiger partial charge in [-0.15, -0.1) is 0 Å². The molecule has 21 heavy (non-hydrogen) atoms. The first kappa shape index (κ1) is 17.6. The molecule has 3 N–H and O–H groups in total. The number of nitrogen functional groups attached to an aromatic ring is 1. The molecule has 0 saturated heterocycles. The van der Waals surface area contributed by atoms with Crippen LogP contribution >= 0.6 is 0 Å². The van der Waals surface area contributed by atoms with Gasteiger partial charge in [0.1, 0.15) is 0 Å². The van der Waals surface area contributed by atoms with Crippen molar-refractivity contribution in [2.75, 3.05) is 33.7 Å². The Hall–Kier alpha value is -1.50. The molecule has 0 aliphatic heterocycles. The molecule has 1 heterocycles. The molecule has 0 fully saturated rings. The van der Waals surface area contributed by atoms with E-state index >= 15 is 0 Å². The van der Waals surface area contributed by atoms with Crippen LogP contribution < -0.4 is 11.3 Å². The van der Waals surface area contributed by atoms with E-state index in [0.717, 1.165) is 31.9 Å². The van der Waals surface area contributed by atoms with Gasteiger partial charge in [-0.3, -0.25) is 20.1 Å². The molecule has 0 aliphatic carbocycles. The summed E-state index contributed by atoms with van der Waals surface area (Å²) in [5, 5.41) is 0. The van der Waals surface area contributed by atoms with E-state index < -0.39 is 0 Å². The number of hydrogen-bond acceptors (Lipinski definition) is 5. The minimum Gasteiger partial charge on any atom is -0.308 e. The summed E-state index contributed by atoms with van der Waals surface area (Å²) >= 11 is 0. The first-order valence-electron chi connectivity index (χ1n) is 7.25. The number of nitrogens with zero attached hydrogens (tertiary/aromatic N) is 3. The third-order valence-electron chi connectivity index (χ3n) is 3.09. The van der Waals surface area contributed by atoms with Gasteiger partial charge in [-0.25, -0.2) is 5.84 Å². The largest absolute Gasteiger partial charge is 0.308 e. The molecule has 1 aromatic rings. The van der Waals surface area contributed by atoms with Crippen molar-refractivity contribution in [3.05, 3.63) is 29.6 Å². The maximum atomic E-state index is 11.4. The standard InChI is InChI=1S/C15H27N5O/c1-12(2)10-20(8-7-19(3)4)11-14-6-5-13(9-17-14)15(21)18-16/h5-6,9,12H,7-8,10-11,16H2,1-4H3,(H,18,21). The lowest BCUT2D eigenvalue weighted by molar-refractivity contribution is 0.0953. The lowest BCUT2D eigenvalue weighted by atomic mass is 10.2. The van der Waals surface area contributed by atoms with Crippen LogP contribution in [0.15, 0.2) is 18.3 Å².